The second-order valence-corrected chi connectivity index (χ2v) is 5.04. The summed E-state index contributed by atoms with van der Waals surface area (Å²) in [6, 6.07) is 5.66. The number of anilines is 1. The van der Waals surface area contributed by atoms with Crippen LogP contribution in [0.5, 0.6) is 11.5 Å². The third kappa shape index (κ3) is 5.63. The molecule has 0 saturated carbocycles. The van der Waals surface area contributed by atoms with Crippen molar-refractivity contribution in [1.82, 2.24) is 5.32 Å². The van der Waals surface area contributed by atoms with Crippen LogP contribution in [0.2, 0.25) is 0 Å². The molecule has 1 rings (SSSR count). The Kier molecular flexibility index (Phi) is 7.11. The van der Waals surface area contributed by atoms with Gasteiger partial charge in [-0.2, -0.15) is 0 Å². The minimum atomic E-state index is 0.607. The highest BCUT2D eigenvalue weighted by Crippen LogP contribution is 2.30. The largest absolute Gasteiger partial charge is 0.493 e. The number of methoxy groups -OCH3 is 1. The topological polar surface area (TPSA) is 47.0 Å². The van der Waals surface area contributed by atoms with Gasteiger partial charge in [-0.25, -0.2) is 0 Å². The number of rotatable bonds is 7. The van der Waals surface area contributed by atoms with Crippen LogP contribution in [-0.4, -0.2) is 46.0 Å². The Balaban J connectivity index is 2.57. The van der Waals surface area contributed by atoms with Gasteiger partial charge in [-0.3, -0.25) is 0 Å². The van der Waals surface area contributed by atoms with Crippen molar-refractivity contribution in [1.29, 1.82) is 0 Å². The van der Waals surface area contributed by atoms with E-state index in [2.05, 4.69) is 24.7 Å². The molecule has 0 atom stereocenters. The maximum absolute atomic E-state index is 5.48. The summed E-state index contributed by atoms with van der Waals surface area (Å²) >= 11 is 5.25. The predicted molar refractivity (Wildman–Crippen MR) is 86.1 cm³/mol. The van der Waals surface area contributed by atoms with Gasteiger partial charge in [0.2, 0.25) is 0 Å². The lowest BCUT2D eigenvalue weighted by molar-refractivity contribution is -0.856. The average Bonchev–Trinajstić information content (AvgIpc) is 2.40. The van der Waals surface area contributed by atoms with Crippen LogP contribution >= 0.6 is 12.2 Å². The summed E-state index contributed by atoms with van der Waals surface area (Å²) in [6.45, 7) is 4.39. The van der Waals surface area contributed by atoms with E-state index in [0.717, 1.165) is 24.5 Å². The van der Waals surface area contributed by atoms with Gasteiger partial charge in [0.1, 0.15) is 0 Å². The Hall–Kier alpha value is -1.53. The van der Waals surface area contributed by atoms with Crippen molar-refractivity contribution < 1.29 is 14.4 Å². The first-order valence-electron chi connectivity index (χ1n) is 6.71. The lowest BCUT2D eigenvalue weighted by atomic mass is 10.3. The number of thiocarbonyl (C=S) groups is 1. The molecule has 0 heterocycles. The number of ether oxygens (including phenoxy) is 2. The maximum atomic E-state index is 5.48. The Morgan fingerprint density at radius 1 is 1.30 bits per heavy atom. The van der Waals surface area contributed by atoms with Crippen LogP contribution in [0.4, 0.5) is 5.69 Å². The number of hydrogen-bond donors (Lipinski definition) is 3. The monoisotopic (exact) mass is 298 g/mol. The van der Waals surface area contributed by atoms with E-state index in [1.54, 1.807) is 7.11 Å². The Morgan fingerprint density at radius 2 is 2.05 bits per heavy atom. The average molecular weight is 298 g/mol. The highest BCUT2D eigenvalue weighted by Gasteiger charge is 2.06. The van der Waals surface area contributed by atoms with E-state index in [0.29, 0.717) is 17.5 Å². The minimum absolute atomic E-state index is 0.607. The third-order valence-electron chi connectivity index (χ3n) is 2.63. The molecular weight excluding hydrogens is 274 g/mol. The number of likely N-dealkylation sites (N-methyl/N-ethyl adjacent to an activating group) is 1. The van der Waals surface area contributed by atoms with Gasteiger partial charge in [-0.1, -0.05) is 0 Å². The number of hydrogen-bond acceptors (Lipinski definition) is 3. The van der Waals surface area contributed by atoms with E-state index in [-0.39, 0.29) is 0 Å². The fourth-order valence-electron chi connectivity index (χ4n) is 1.62. The maximum Gasteiger partial charge on any atom is 0.170 e. The molecule has 0 fully saturated rings. The molecule has 0 aromatic heterocycles. The molecule has 0 bridgehead atoms. The first kappa shape index (κ1) is 16.5. The van der Waals surface area contributed by atoms with Crippen LogP contribution in [0.15, 0.2) is 18.2 Å². The lowest BCUT2D eigenvalue weighted by Gasteiger charge is -2.14. The lowest BCUT2D eigenvalue weighted by Crippen LogP contribution is -3.06. The molecule has 0 spiro atoms. The SMILES string of the molecule is CCOc1ccc(NC(=S)NCC[NH+](C)C)cc1OC. The third-order valence-corrected chi connectivity index (χ3v) is 2.88. The molecule has 1 aromatic carbocycles. The molecule has 5 nitrogen and oxygen atoms in total. The summed E-state index contributed by atoms with van der Waals surface area (Å²) in [7, 11) is 5.84. The van der Waals surface area contributed by atoms with Crippen LogP contribution in [0.3, 0.4) is 0 Å². The van der Waals surface area contributed by atoms with Crippen LogP contribution in [0, 0.1) is 0 Å². The summed E-state index contributed by atoms with van der Waals surface area (Å²) in [6.07, 6.45) is 0. The highest BCUT2D eigenvalue weighted by atomic mass is 32.1. The van der Waals surface area contributed by atoms with Crippen LogP contribution in [0.1, 0.15) is 6.92 Å². The fraction of sp³-hybridized carbons (Fsp3) is 0.500. The van der Waals surface area contributed by atoms with Crippen molar-refractivity contribution in [2.24, 2.45) is 0 Å². The Labute approximate surface area is 126 Å². The normalized spacial score (nSPS) is 10.2. The molecular formula is C14H24N3O2S+. The molecule has 0 unspecified atom stereocenters. The van der Waals surface area contributed by atoms with Crippen molar-refractivity contribution in [3.8, 4) is 11.5 Å². The van der Waals surface area contributed by atoms with Gasteiger partial charge in [0.25, 0.3) is 0 Å². The summed E-state index contributed by atoms with van der Waals surface area (Å²) in [5.74, 6) is 1.42. The second kappa shape index (κ2) is 8.60. The fourth-order valence-corrected chi connectivity index (χ4v) is 1.84. The Morgan fingerprint density at radius 3 is 2.65 bits per heavy atom. The zero-order valence-electron chi connectivity index (χ0n) is 12.6. The number of benzene rings is 1. The van der Waals surface area contributed by atoms with Crippen molar-refractivity contribution in [2.45, 2.75) is 6.92 Å². The minimum Gasteiger partial charge on any atom is -0.493 e. The second-order valence-electron chi connectivity index (χ2n) is 4.64. The zero-order valence-corrected chi connectivity index (χ0v) is 13.4. The van der Waals surface area contributed by atoms with Gasteiger partial charge in [-0.05, 0) is 31.3 Å². The molecule has 0 aliphatic carbocycles. The first-order valence-corrected chi connectivity index (χ1v) is 7.12. The van der Waals surface area contributed by atoms with Gasteiger partial charge in [0.15, 0.2) is 16.6 Å². The number of nitrogens with one attached hydrogen (secondary N) is 3. The molecule has 0 aliphatic rings. The first-order chi connectivity index (χ1) is 9.56. The molecule has 0 saturated heterocycles. The smallest absolute Gasteiger partial charge is 0.170 e. The van der Waals surface area contributed by atoms with Gasteiger partial charge < -0.3 is 25.0 Å². The van der Waals surface area contributed by atoms with Crippen molar-refractivity contribution in [3.63, 3.8) is 0 Å². The van der Waals surface area contributed by atoms with Gasteiger partial charge in [0.05, 0.1) is 40.9 Å². The molecule has 1 aromatic rings. The Bertz CT molecular complexity index is 438. The van der Waals surface area contributed by atoms with E-state index < -0.39 is 0 Å². The molecule has 3 N–H and O–H groups in total. The summed E-state index contributed by atoms with van der Waals surface area (Å²) in [5.41, 5.74) is 0.875. The van der Waals surface area contributed by atoms with Gasteiger partial charge >= 0.3 is 0 Å². The van der Waals surface area contributed by atoms with E-state index in [1.807, 2.05) is 25.1 Å². The van der Waals surface area contributed by atoms with Crippen LogP contribution in [0.25, 0.3) is 0 Å². The predicted octanol–water partition coefficient (Wildman–Crippen LogP) is 0.525. The zero-order chi connectivity index (χ0) is 15.0. The van der Waals surface area contributed by atoms with Crippen molar-refractivity contribution >= 4 is 23.0 Å². The van der Waals surface area contributed by atoms with Crippen molar-refractivity contribution in [3.05, 3.63) is 18.2 Å². The van der Waals surface area contributed by atoms with E-state index in [4.69, 9.17) is 21.7 Å². The van der Waals surface area contributed by atoms with E-state index in [9.17, 15) is 0 Å². The van der Waals surface area contributed by atoms with Crippen LogP contribution in [-0.2, 0) is 0 Å². The molecule has 112 valence electrons. The van der Waals surface area contributed by atoms with E-state index in [1.165, 1.54) is 4.90 Å². The summed E-state index contributed by atoms with van der Waals surface area (Å²) in [5, 5.41) is 6.91. The molecule has 0 amide bonds. The van der Waals surface area contributed by atoms with E-state index >= 15 is 0 Å². The van der Waals surface area contributed by atoms with Gasteiger partial charge in [0, 0.05) is 11.8 Å². The standard InChI is InChI=1S/C14H23N3O2S/c1-5-19-12-7-6-11(10-13(12)18-4)16-14(20)15-8-9-17(2)3/h6-7,10H,5,8-9H2,1-4H3,(H2,15,16,20)/p+1. The van der Waals surface area contributed by atoms with Gasteiger partial charge in [-0.15, -0.1) is 0 Å². The molecule has 0 radical (unpaired) electrons. The summed E-state index contributed by atoms with van der Waals surface area (Å²) in [4.78, 5) is 1.38. The molecule has 0 aliphatic heterocycles. The number of quaternary nitrogens is 1. The van der Waals surface area contributed by atoms with Crippen LogP contribution < -0.4 is 25.0 Å². The summed E-state index contributed by atoms with van der Waals surface area (Å²) < 4.78 is 10.8. The van der Waals surface area contributed by atoms with Crippen molar-refractivity contribution in [2.75, 3.05) is 46.2 Å². The quantitative estimate of drug-likeness (QED) is 0.641. The molecule has 20 heavy (non-hydrogen) atoms. The highest BCUT2D eigenvalue weighted by molar-refractivity contribution is 7.80. The molecule has 6 heteroatoms.